The van der Waals surface area contributed by atoms with Crippen molar-refractivity contribution < 1.29 is 9.47 Å². The van der Waals surface area contributed by atoms with Crippen molar-refractivity contribution in [1.82, 2.24) is 9.97 Å². The summed E-state index contributed by atoms with van der Waals surface area (Å²) in [5.74, 6) is 0.802. The van der Waals surface area contributed by atoms with Crippen LogP contribution in [-0.2, 0) is 9.47 Å². The molecule has 2 aliphatic heterocycles. The van der Waals surface area contributed by atoms with E-state index in [4.69, 9.17) is 9.47 Å². The predicted molar refractivity (Wildman–Crippen MR) is 77.1 cm³/mol. The molecular weight excluding hydrogens is 254 g/mol. The van der Waals surface area contributed by atoms with Gasteiger partial charge < -0.3 is 14.4 Å². The molecular formula is C15H23N3O2. The normalized spacial score (nSPS) is 29.1. The smallest absolute Gasteiger partial charge is 0.225 e. The van der Waals surface area contributed by atoms with Gasteiger partial charge in [-0.2, -0.15) is 0 Å². The molecule has 1 unspecified atom stereocenters. The topological polar surface area (TPSA) is 47.5 Å². The van der Waals surface area contributed by atoms with Crippen LogP contribution in [0.4, 0.5) is 5.95 Å². The molecule has 0 aromatic carbocycles. The quantitative estimate of drug-likeness (QED) is 0.784. The molecule has 2 fully saturated rings. The van der Waals surface area contributed by atoms with Gasteiger partial charge in [-0.05, 0) is 33.3 Å². The molecule has 3 heterocycles. The zero-order valence-electron chi connectivity index (χ0n) is 12.8. The third-order valence-electron chi connectivity index (χ3n) is 4.11. The molecule has 110 valence electrons. The summed E-state index contributed by atoms with van der Waals surface area (Å²) in [6, 6.07) is 0. The Bertz CT molecular complexity index is 510. The van der Waals surface area contributed by atoms with E-state index in [1.807, 2.05) is 20.0 Å². The van der Waals surface area contributed by atoms with Crippen molar-refractivity contribution in [2.24, 2.45) is 0 Å². The average Bonchev–Trinajstić information content (AvgIpc) is 2.78. The van der Waals surface area contributed by atoms with Crippen molar-refractivity contribution in [1.29, 1.82) is 0 Å². The van der Waals surface area contributed by atoms with Crippen molar-refractivity contribution in [2.75, 3.05) is 31.2 Å². The zero-order valence-corrected chi connectivity index (χ0v) is 12.8. The predicted octanol–water partition coefficient (Wildman–Crippen LogP) is 1.87. The van der Waals surface area contributed by atoms with E-state index < -0.39 is 0 Å². The van der Waals surface area contributed by atoms with E-state index in [9.17, 15) is 0 Å². The van der Waals surface area contributed by atoms with E-state index in [1.54, 1.807) is 0 Å². The Morgan fingerprint density at radius 2 is 2.05 bits per heavy atom. The number of aryl methyl sites for hydroxylation is 2. The molecule has 5 heteroatoms. The first kappa shape index (κ1) is 13.8. The first-order valence-electron chi connectivity index (χ1n) is 7.22. The van der Waals surface area contributed by atoms with Gasteiger partial charge in [-0.15, -0.1) is 0 Å². The second-order valence-corrected chi connectivity index (χ2v) is 6.64. The maximum absolute atomic E-state index is 6.31. The zero-order chi connectivity index (χ0) is 14.4. The lowest BCUT2D eigenvalue weighted by Crippen LogP contribution is -2.60. The molecule has 0 bridgehead atoms. The van der Waals surface area contributed by atoms with E-state index in [0.29, 0.717) is 6.61 Å². The summed E-state index contributed by atoms with van der Waals surface area (Å²) < 4.78 is 11.9. The first-order chi connectivity index (χ1) is 9.39. The molecule has 1 spiro atoms. The third-order valence-corrected chi connectivity index (χ3v) is 4.11. The van der Waals surface area contributed by atoms with Crippen LogP contribution in [0, 0.1) is 13.8 Å². The van der Waals surface area contributed by atoms with Crippen LogP contribution < -0.4 is 4.90 Å². The van der Waals surface area contributed by atoms with Crippen molar-refractivity contribution in [3.8, 4) is 0 Å². The number of ether oxygens (including phenoxy) is 2. The summed E-state index contributed by atoms with van der Waals surface area (Å²) in [7, 11) is 0. The van der Waals surface area contributed by atoms with Gasteiger partial charge in [-0.1, -0.05) is 0 Å². The fraction of sp³-hybridized carbons (Fsp3) is 0.733. The van der Waals surface area contributed by atoms with E-state index in [0.717, 1.165) is 43.3 Å². The minimum atomic E-state index is -0.214. The molecule has 0 N–H and O–H groups in total. The maximum Gasteiger partial charge on any atom is 0.225 e. The van der Waals surface area contributed by atoms with Gasteiger partial charge in [0.25, 0.3) is 0 Å². The van der Waals surface area contributed by atoms with Gasteiger partial charge in [0.15, 0.2) is 0 Å². The van der Waals surface area contributed by atoms with Crippen LogP contribution >= 0.6 is 0 Å². The second-order valence-electron chi connectivity index (χ2n) is 6.64. The molecule has 1 atom stereocenters. The van der Waals surface area contributed by atoms with E-state index in [-0.39, 0.29) is 11.2 Å². The Labute approximate surface area is 120 Å². The van der Waals surface area contributed by atoms with Crippen molar-refractivity contribution in [2.45, 2.75) is 45.3 Å². The molecule has 3 rings (SSSR count). The minimum Gasteiger partial charge on any atom is -0.378 e. The monoisotopic (exact) mass is 277 g/mol. The Morgan fingerprint density at radius 3 is 2.70 bits per heavy atom. The molecule has 5 nitrogen and oxygen atoms in total. The van der Waals surface area contributed by atoms with Crippen molar-refractivity contribution in [3.05, 3.63) is 17.5 Å². The Hall–Kier alpha value is -1.20. The molecule has 1 aromatic rings. The summed E-state index contributed by atoms with van der Waals surface area (Å²) >= 11 is 0. The number of hydrogen-bond donors (Lipinski definition) is 0. The molecule has 0 amide bonds. The lowest BCUT2D eigenvalue weighted by Gasteiger charge is -2.48. The standard InChI is InChI=1S/C15H23N3O2/c1-11-7-16-13(17-12(11)2)18-8-14(3,4)20-15(9-18)5-6-19-10-15/h7H,5-6,8-10H2,1-4H3. The van der Waals surface area contributed by atoms with E-state index in [1.165, 1.54) is 0 Å². The van der Waals surface area contributed by atoms with Crippen LogP contribution in [0.15, 0.2) is 6.20 Å². The van der Waals surface area contributed by atoms with E-state index >= 15 is 0 Å². The minimum absolute atomic E-state index is 0.204. The highest BCUT2D eigenvalue weighted by molar-refractivity contribution is 5.35. The lowest BCUT2D eigenvalue weighted by atomic mass is 9.95. The fourth-order valence-electron chi connectivity index (χ4n) is 3.12. The number of aromatic nitrogens is 2. The second kappa shape index (κ2) is 4.67. The van der Waals surface area contributed by atoms with Gasteiger partial charge in [-0.3, -0.25) is 0 Å². The first-order valence-corrected chi connectivity index (χ1v) is 7.22. The SMILES string of the molecule is Cc1cnc(N2CC(C)(C)OC3(CCOC3)C2)nc1C. The third kappa shape index (κ3) is 2.52. The van der Waals surface area contributed by atoms with Crippen LogP contribution in [-0.4, -0.2) is 47.5 Å². The Kier molecular flexibility index (Phi) is 3.21. The molecule has 0 aliphatic carbocycles. The van der Waals surface area contributed by atoms with Crippen LogP contribution in [0.5, 0.6) is 0 Å². The molecule has 2 aliphatic rings. The Balaban J connectivity index is 1.90. The Morgan fingerprint density at radius 1 is 1.25 bits per heavy atom. The van der Waals surface area contributed by atoms with Gasteiger partial charge in [0.1, 0.15) is 5.60 Å². The summed E-state index contributed by atoms with van der Waals surface area (Å²) in [6.45, 7) is 11.4. The van der Waals surface area contributed by atoms with Gasteiger partial charge in [0.2, 0.25) is 5.95 Å². The van der Waals surface area contributed by atoms with Crippen LogP contribution in [0.1, 0.15) is 31.5 Å². The summed E-state index contributed by atoms with van der Waals surface area (Å²) in [5.41, 5.74) is 1.74. The number of nitrogens with zero attached hydrogens (tertiary/aromatic N) is 3. The largest absolute Gasteiger partial charge is 0.378 e. The van der Waals surface area contributed by atoms with Gasteiger partial charge in [-0.25, -0.2) is 9.97 Å². The average molecular weight is 277 g/mol. The van der Waals surface area contributed by atoms with Crippen LogP contribution in [0.3, 0.4) is 0 Å². The number of morpholine rings is 1. The van der Waals surface area contributed by atoms with Gasteiger partial charge in [0.05, 0.1) is 18.8 Å². The summed E-state index contributed by atoms with van der Waals surface area (Å²) in [6.07, 6.45) is 2.84. The summed E-state index contributed by atoms with van der Waals surface area (Å²) in [4.78, 5) is 11.4. The van der Waals surface area contributed by atoms with Crippen molar-refractivity contribution >= 4 is 5.95 Å². The number of rotatable bonds is 1. The highest BCUT2D eigenvalue weighted by Crippen LogP contribution is 2.35. The maximum atomic E-state index is 6.31. The molecule has 0 radical (unpaired) electrons. The van der Waals surface area contributed by atoms with Crippen molar-refractivity contribution in [3.63, 3.8) is 0 Å². The van der Waals surface area contributed by atoms with Crippen LogP contribution in [0.2, 0.25) is 0 Å². The number of anilines is 1. The van der Waals surface area contributed by atoms with Crippen LogP contribution in [0.25, 0.3) is 0 Å². The highest BCUT2D eigenvalue weighted by atomic mass is 16.6. The summed E-state index contributed by atoms with van der Waals surface area (Å²) in [5, 5.41) is 0. The highest BCUT2D eigenvalue weighted by Gasteiger charge is 2.47. The molecule has 2 saturated heterocycles. The van der Waals surface area contributed by atoms with Gasteiger partial charge in [0, 0.05) is 31.5 Å². The molecule has 1 aromatic heterocycles. The van der Waals surface area contributed by atoms with E-state index in [2.05, 4.69) is 28.7 Å². The molecule has 20 heavy (non-hydrogen) atoms. The number of hydrogen-bond acceptors (Lipinski definition) is 5. The fourth-order valence-corrected chi connectivity index (χ4v) is 3.12. The lowest BCUT2D eigenvalue weighted by molar-refractivity contribution is -0.151. The van der Waals surface area contributed by atoms with Gasteiger partial charge >= 0.3 is 0 Å². The molecule has 0 saturated carbocycles.